The minimum Gasteiger partial charge on any atom is -0.480 e. The first-order chi connectivity index (χ1) is 8.49. The highest BCUT2D eigenvalue weighted by Crippen LogP contribution is 2.41. The predicted octanol–water partition coefficient (Wildman–Crippen LogP) is 1.42. The van der Waals surface area contributed by atoms with E-state index in [1.54, 1.807) is 0 Å². The number of aliphatic carboxylic acids is 1. The van der Waals surface area contributed by atoms with Crippen molar-refractivity contribution in [3.05, 3.63) is 0 Å². The summed E-state index contributed by atoms with van der Waals surface area (Å²) in [4.78, 5) is 22.8. The molecule has 5 nitrogen and oxygen atoms in total. The number of ether oxygens (including phenoxy) is 1. The van der Waals surface area contributed by atoms with Gasteiger partial charge in [-0.25, -0.2) is 0 Å². The van der Waals surface area contributed by atoms with Gasteiger partial charge in [-0.2, -0.15) is 0 Å². The second kappa shape index (κ2) is 6.73. The van der Waals surface area contributed by atoms with Gasteiger partial charge in [-0.05, 0) is 25.2 Å². The van der Waals surface area contributed by atoms with Crippen molar-refractivity contribution in [2.24, 2.45) is 11.3 Å². The van der Waals surface area contributed by atoms with Gasteiger partial charge in [0.2, 0.25) is 5.91 Å². The molecule has 104 valence electrons. The third-order valence-corrected chi connectivity index (χ3v) is 3.42. The number of hydrogen-bond donors (Lipinski definition) is 2. The molecule has 1 rings (SSSR count). The first kappa shape index (κ1) is 15.0. The Morgan fingerprint density at radius 2 is 2.00 bits per heavy atom. The van der Waals surface area contributed by atoms with Gasteiger partial charge in [0.25, 0.3) is 0 Å². The second-order valence-corrected chi connectivity index (χ2v) is 5.29. The molecule has 0 aliphatic heterocycles. The number of carboxylic acids is 1. The Labute approximate surface area is 108 Å². The molecule has 0 heterocycles. The van der Waals surface area contributed by atoms with Gasteiger partial charge in [-0.3, -0.25) is 9.59 Å². The summed E-state index contributed by atoms with van der Waals surface area (Å²) < 4.78 is 5.36. The van der Waals surface area contributed by atoms with E-state index in [-0.39, 0.29) is 5.91 Å². The molecule has 1 saturated carbocycles. The molecule has 2 N–H and O–H groups in total. The lowest BCUT2D eigenvalue weighted by atomic mass is 9.68. The summed E-state index contributed by atoms with van der Waals surface area (Å²) in [6.07, 6.45) is 2.70. The van der Waals surface area contributed by atoms with Crippen LogP contribution in [0.5, 0.6) is 0 Å². The largest absolute Gasteiger partial charge is 0.480 e. The molecule has 18 heavy (non-hydrogen) atoms. The lowest BCUT2D eigenvalue weighted by Gasteiger charge is -2.35. The number of hydrogen-bond acceptors (Lipinski definition) is 3. The van der Waals surface area contributed by atoms with Crippen molar-refractivity contribution in [2.75, 3.05) is 19.8 Å². The van der Waals surface area contributed by atoms with E-state index in [0.29, 0.717) is 38.5 Å². The molecule has 0 bridgehead atoms. The highest BCUT2D eigenvalue weighted by Gasteiger charge is 2.50. The Kier molecular flexibility index (Phi) is 5.59. The molecule has 0 spiro atoms. The van der Waals surface area contributed by atoms with E-state index in [2.05, 4.69) is 19.2 Å². The van der Waals surface area contributed by atoms with Crippen LogP contribution in [0.25, 0.3) is 0 Å². The molecule has 1 fully saturated rings. The van der Waals surface area contributed by atoms with E-state index in [4.69, 9.17) is 9.84 Å². The maximum atomic E-state index is 11.8. The molecule has 1 aliphatic rings. The molecular formula is C13H23NO4. The third-order valence-electron chi connectivity index (χ3n) is 3.42. The molecule has 0 aromatic carbocycles. The van der Waals surface area contributed by atoms with Crippen molar-refractivity contribution < 1.29 is 19.4 Å². The third kappa shape index (κ3) is 3.70. The zero-order chi connectivity index (χ0) is 13.6. The first-order valence-corrected chi connectivity index (χ1v) is 6.58. The van der Waals surface area contributed by atoms with E-state index in [1.807, 2.05) is 0 Å². The molecule has 0 radical (unpaired) electrons. The van der Waals surface area contributed by atoms with Crippen molar-refractivity contribution >= 4 is 11.9 Å². The molecule has 1 amide bonds. The van der Waals surface area contributed by atoms with Crippen LogP contribution < -0.4 is 5.32 Å². The molecule has 5 heteroatoms. The van der Waals surface area contributed by atoms with Crippen molar-refractivity contribution in [2.45, 2.75) is 39.5 Å². The fourth-order valence-electron chi connectivity index (χ4n) is 1.90. The summed E-state index contributed by atoms with van der Waals surface area (Å²) in [5.74, 6) is -0.773. The number of rotatable bonds is 8. The van der Waals surface area contributed by atoms with Crippen LogP contribution in [-0.2, 0) is 14.3 Å². The predicted molar refractivity (Wildman–Crippen MR) is 67.2 cm³/mol. The minimum atomic E-state index is -1.17. The molecule has 0 saturated heterocycles. The number of amides is 1. The normalized spacial score (nSPS) is 17.3. The Bertz CT molecular complexity index is 297. The van der Waals surface area contributed by atoms with Gasteiger partial charge < -0.3 is 15.2 Å². The molecular weight excluding hydrogens is 234 g/mol. The first-order valence-electron chi connectivity index (χ1n) is 6.58. The van der Waals surface area contributed by atoms with E-state index in [0.717, 1.165) is 12.8 Å². The van der Waals surface area contributed by atoms with Crippen molar-refractivity contribution in [3.63, 3.8) is 0 Å². The highest BCUT2D eigenvalue weighted by molar-refractivity contribution is 6.02. The fraction of sp³-hybridized carbons (Fsp3) is 0.846. The molecule has 0 aromatic rings. The summed E-state index contributed by atoms with van der Waals surface area (Å²) >= 11 is 0. The summed E-state index contributed by atoms with van der Waals surface area (Å²) in [5.41, 5.74) is -1.17. The van der Waals surface area contributed by atoms with Crippen molar-refractivity contribution in [1.82, 2.24) is 5.32 Å². The zero-order valence-corrected chi connectivity index (χ0v) is 11.2. The number of carboxylic acid groups (broad SMARTS) is 1. The zero-order valence-electron chi connectivity index (χ0n) is 11.2. The smallest absolute Gasteiger partial charge is 0.319 e. The van der Waals surface area contributed by atoms with Gasteiger partial charge in [-0.1, -0.05) is 20.3 Å². The van der Waals surface area contributed by atoms with Gasteiger partial charge in [0.05, 0.1) is 6.61 Å². The van der Waals surface area contributed by atoms with Crippen molar-refractivity contribution in [3.8, 4) is 0 Å². The van der Waals surface area contributed by atoms with Gasteiger partial charge in [0.15, 0.2) is 0 Å². The Morgan fingerprint density at radius 1 is 1.33 bits per heavy atom. The topological polar surface area (TPSA) is 75.6 Å². The van der Waals surface area contributed by atoms with Crippen LogP contribution in [-0.4, -0.2) is 36.7 Å². The molecule has 1 aliphatic carbocycles. The Morgan fingerprint density at radius 3 is 2.44 bits per heavy atom. The van der Waals surface area contributed by atoms with Crippen LogP contribution in [0.3, 0.4) is 0 Å². The van der Waals surface area contributed by atoms with E-state index in [9.17, 15) is 9.59 Å². The second-order valence-electron chi connectivity index (χ2n) is 5.29. The lowest BCUT2D eigenvalue weighted by molar-refractivity contribution is -0.162. The van der Waals surface area contributed by atoms with Gasteiger partial charge >= 0.3 is 5.97 Å². The van der Waals surface area contributed by atoms with E-state index in [1.165, 1.54) is 0 Å². The molecule has 0 aromatic heterocycles. The van der Waals surface area contributed by atoms with Crippen LogP contribution in [0.4, 0.5) is 0 Å². The van der Waals surface area contributed by atoms with Gasteiger partial charge in [-0.15, -0.1) is 0 Å². The Hall–Kier alpha value is -1.10. The standard InChI is InChI=1S/C13H23NO4/c1-10(2)4-8-18-9-7-14-11(15)13(12(16)17)5-3-6-13/h10H,3-9H2,1-2H3,(H,14,15)(H,16,17). The SMILES string of the molecule is CC(C)CCOCCNC(=O)C1(C(=O)O)CCC1. The number of carbonyl (C=O) groups is 2. The van der Waals surface area contributed by atoms with Gasteiger partial charge in [0, 0.05) is 13.2 Å². The van der Waals surface area contributed by atoms with Crippen LogP contribution in [0.1, 0.15) is 39.5 Å². The van der Waals surface area contributed by atoms with Crippen molar-refractivity contribution in [1.29, 1.82) is 0 Å². The highest BCUT2D eigenvalue weighted by atomic mass is 16.5. The van der Waals surface area contributed by atoms with E-state index < -0.39 is 11.4 Å². The maximum absolute atomic E-state index is 11.8. The molecule has 0 atom stereocenters. The number of nitrogens with one attached hydrogen (secondary N) is 1. The minimum absolute atomic E-state index is 0.367. The maximum Gasteiger partial charge on any atom is 0.319 e. The summed E-state index contributed by atoms with van der Waals surface area (Å²) in [6.45, 7) is 5.74. The lowest BCUT2D eigenvalue weighted by Crippen LogP contribution is -2.51. The Balaban J connectivity index is 2.15. The van der Waals surface area contributed by atoms with Crippen LogP contribution in [0.2, 0.25) is 0 Å². The monoisotopic (exact) mass is 257 g/mol. The van der Waals surface area contributed by atoms with Crippen LogP contribution >= 0.6 is 0 Å². The van der Waals surface area contributed by atoms with E-state index >= 15 is 0 Å². The van der Waals surface area contributed by atoms with Crippen LogP contribution in [0, 0.1) is 11.3 Å². The van der Waals surface area contributed by atoms with Gasteiger partial charge in [0.1, 0.15) is 5.41 Å². The summed E-state index contributed by atoms with van der Waals surface area (Å²) in [6, 6.07) is 0. The summed E-state index contributed by atoms with van der Waals surface area (Å²) in [5, 5.41) is 11.7. The summed E-state index contributed by atoms with van der Waals surface area (Å²) in [7, 11) is 0. The van der Waals surface area contributed by atoms with Crippen LogP contribution in [0.15, 0.2) is 0 Å². The fourth-order valence-corrected chi connectivity index (χ4v) is 1.90. The molecule has 0 unspecified atom stereocenters. The average molecular weight is 257 g/mol. The number of carbonyl (C=O) groups excluding carboxylic acids is 1. The quantitative estimate of drug-likeness (QED) is 0.509. The average Bonchev–Trinajstić information content (AvgIpc) is 2.20.